The van der Waals surface area contributed by atoms with Gasteiger partial charge in [0.25, 0.3) is 0 Å². The number of ether oxygens (including phenoxy) is 1. The Kier molecular flexibility index (Phi) is 3.87. The van der Waals surface area contributed by atoms with Gasteiger partial charge in [0.05, 0.1) is 18.1 Å². The summed E-state index contributed by atoms with van der Waals surface area (Å²) in [6, 6.07) is 6.06. The van der Waals surface area contributed by atoms with Gasteiger partial charge in [0.15, 0.2) is 9.84 Å². The Morgan fingerprint density at radius 1 is 1.30 bits per heavy atom. The molecule has 110 valence electrons. The molecule has 2 aliphatic rings. The molecule has 5 heteroatoms. The molecule has 2 aliphatic heterocycles. The fraction of sp³-hybridized carbons (Fsp3) is 0.600. The van der Waals surface area contributed by atoms with Crippen LogP contribution in [0.15, 0.2) is 18.2 Å². The summed E-state index contributed by atoms with van der Waals surface area (Å²) in [5, 5.41) is 3.38. The summed E-state index contributed by atoms with van der Waals surface area (Å²) in [5.74, 6) is 1.67. The quantitative estimate of drug-likeness (QED) is 0.929. The number of hydrogen-bond donors (Lipinski definition) is 1. The molecule has 1 N–H and O–H groups in total. The molecular weight excluding hydrogens is 274 g/mol. The first kappa shape index (κ1) is 13.7. The van der Waals surface area contributed by atoms with Gasteiger partial charge in [-0.3, -0.25) is 0 Å². The van der Waals surface area contributed by atoms with Gasteiger partial charge in [0, 0.05) is 23.7 Å². The molecule has 0 aliphatic carbocycles. The highest BCUT2D eigenvalue weighted by molar-refractivity contribution is 7.91. The molecule has 1 aromatic carbocycles. The zero-order valence-electron chi connectivity index (χ0n) is 11.6. The molecule has 1 aromatic rings. The average Bonchev–Trinajstić information content (AvgIpc) is 2.44. The molecule has 4 nitrogen and oxygen atoms in total. The number of benzene rings is 1. The maximum Gasteiger partial charge on any atom is 0.150 e. The van der Waals surface area contributed by atoms with E-state index in [1.54, 1.807) is 0 Å². The summed E-state index contributed by atoms with van der Waals surface area (Å²) in [6.45, 7) is 1.52. The van der Waals surface area contributed by atoms with Gasteiger partial charge in [-0.1, -0.05) is 6.07 Å². The molecule has 0 aromatic heterocycles. The molecule has 0 amide bonds. The van der Waals surface area contributed by atoms with E-state index in [9.17, 15) is 8.42 Å². The minimum atomic E-state index is -2.85. The maximum absolute atomic E-state index is 11.6. The molecule has 0 spiro atoms. The highest BCUT2D eigenvalue weighted by Gasteiger charge is 2.25. The van der Waals surface area contributed by atoms with Crippen molar-refractivity contribution in [2.75, 3.05) is 30.0 Å². The topological polar surface area (TPSA) is 55.4 Å². The fourth-order valence-electron chi connectivity index (χ4n) is 3.07. The highest BCUT2D eigenvalue weighted by atomic mass is 32.2. The highest BCUT2D eigenvalue weighted by Crippen LogP contribution is 2.31. The summed E-state index contributed by atoms with van der Waals surface area (Å²) >= 11 is 0. The molecule has 0 radical (unpaired) electrons. The summed E-state index contributed by atoms with van der Waals surface area (Å²) in [7, 11) is -2.85. The zero-order valence-corrected chi connectivity index (χ0v) is 12.4. The standard InChI is InChI=1S/C15H21NO3S/c17-20(18)9-3-4-12(11-20)10-19-15-7-1-6-14-13(15)5-2-8-16-14/h1,6-7,12,16H,2-5,8-11H2. The largest absolute Gasteiger partial charge is 0.493 e. The predicted octanol–water partition coefficient (Wildman–Crippen LogP) is 2.25. The average molecular weight is 295 g/mol. The van der Waals surface area contributed by atoms with Crippen LogP contribution >= 0.6 is 0 Å². The van der Waals surface area contributed by atoms with Gasteiger partial charge in [-0.25, -0.2) is 8.42 Å². The third-order valence-electron chi connectivity index (χ3n) is 4.08. The van der Waals surface area contributed by atoms with Gasteiger partial charge in [0.1, 0.15) is 5.75 Å². The lowest BCUT2D eigenvalue weighted by Crippen LogP contribution is -2.29. The van der Waals surface area contributed by atoms with Crippen molar-refractivity contribution < 1.29 is 13.2 Å². The first-order valence-electron chi connectivity index (χ1n) is 7.33. The zero-order chi connectivity index (χ0) is 14.0. The van der Waals surface area contributed by atoms with E-state index in [0.29, 0.717) is 12.4 Å². The van der Waals surface area contributed by atoms with Crippen molar-refractivity contribution >= 4 is 15.5 Å². The normalized spacial score (nSPS) is 24.5. The van der Waals surface area contributed by atoms with Crippen LogP contribution in [0, 0.1) is 5.92 Å². The molecule has 20 heavy (non-hydrogen) atoms. The van der Waals surface area contributed by atoms with Crippen LogP contribution in [0.25, 0.3) is 0 Å². The molecular formula is C15H21NO3S. The fourth-order valence-corrected chi connectivity index (χ4v) is 4.82. The van der Waals surface area contributed by atoms with E-state index in [4.69, 9.17) is 4.74 Å². The van der Waals surface area contributed by atoms with Crippen LogP contribution in [0.4, 0.5) is 5.69 Å². The van der Waals surface area contributed by atoms with E-state index < -0.39 is 9.84 Å². The van der Waals surface area contributed by atoms with Crippen molar-refractivity contribution in [3.05, 3.63) is 23.8 Å². The van der Waals surface area contributed by atoms with Gasteiger partial charge in [-0.2, -0.15) is 0 Å². The minimum absolute atomic E-state index is 0.140. The molecule has 3 rings (SSSR count). The second-order valence-corrected chi connectivity index (χ2v) is 7.97. The van der Waals surface area contributed by atoms with Crippen LogP contribution in [-0.4, -0.2) is 33.1 Å². The van der Waals surface area contributed by atoms with Crippen LogP contribution in [0.2, 0.25) is 0 Å². The third-order valence-corrected chi connectivity index (χ3v) is 5.97. The van der Waals surface area contributed by atoms with Gasteiger partial charge in [0.2, 0.25) is 0 Å². The minimum Gasteiger partial charge on any atom is -0.493 e. The molecule has 2 heterocycles. The number of nitrogens with one attached hydrogen (secondary N) is 1. The second-order valence-electron chi connectivity index (χ2n) is 5.75. The van der Waals surface area contributed by atoms with E-state index >= 15 is 0 Å². The van der Waals surface area contributed by atoms with Gasteiger partial charge in [-0.05, 0) is 37.8 Å². The Labute approximate surface area is 120 Å². The van der Waals surface area contributed by atoms with Crippen molar-refractivity contribution in [1.82, 2.24) is 0 Å². The van der Waals surface area contributed by atoms with Crippen LogP contribution in [0.3, 0.4) is 0 Å². The van der Waals surface area contributed by atoms with Gasteiger partial charge < -0.3 is 10.1 Å². The van der Waals surface area contributed by atoms with Crippen LogP contribution in [0.1, 0.15) is 24.8 Å². The monoisotopic (exact) mass is 295 g/mol. The first-order chi connectivity index (χ1) is 9.64. The van der Waals surface area contributed by atoms with E-state index in [0.717, 1.165) is 43.7 Å². The lowest BCUT2D eigenvalue weighted by atomic mass is 10.0. The Balaban J connectivity index is 1.67. The summed E-state index contributed by atoms with van der Waals surface area (Å²) in [6.07, 6.45) is 3.87. The van der Waals surface area contributed by atoms with E-state index in [1.807, 2.05) is 12.1 Å². The number of rotatable bonds is 3. The summed E-state index contributed by atoms with van der Waals surface area (Å²) in [5.41, 5.74) is 2.39. The molecule has 1 unspecified atom stereocenters. The maximum atomic E-state index is 11.6. The third kappa shape index (κ3) is 3.08. The van der Waals surface area contributed by atoms with Gasteiger partial charge >= 0.3 is 0 Å². The Morgan fingerprint density at radius 2 is 2.20 bits per heavy atom. The molecule has 0 bridgehead atoms. The lowest BCUT2D eigenvalue weighted by Gasteiger charge is -2.24. The van der Waals surface area contributed by atoms with Gasteiger partial charge in [-0.15, -0.1) is 0 Å². The Hall–Kier alpha value is -1.23. The van der Waals surface area contributed by atoms with Crippen molar-refractivity contribution in [3.8, 4) is 5.75 Å². The number of anilines is 1. The Bertz CT molecular complexity index is 583. The lowest BCUT2D eigenvalue weighted by molar-refractivity contribution is 0.247. The van der Waals surface area contributed by atoms with Crippen molar-refractivity contribution in [3.63, 3.8) is 0 Å². The molecule has 1 fully saturated rings. The van der Waals surface area contributed by atoms with Crippen molar-refractivity contribution in [2.45, 2.75) is 25.7 Å². The number of sulfone groups is 1. The van der Waals surface area contributed by atoms with Crippen LogP contribution in [0.5, 0.6) is 5.75 Å². The van der Waals surface area contributed by atoms with E-state index in [1.165, 1.54) is 5.56 Å². The van der Waals surface area contributed by atoms with E-state index in [-0.39, 0.29) is 11.7 Å². The number of fused-ring (bicyclic) bond motifs is 1. The predicted molar refractivity (Wildman–Crippen MR) is 80.1 cm³/mol. The Morgan fingerprint density at radius 3 is 3.05 bits per heavy atom. The summed E-state index contributed by atoms with van der Waals surface area (Å²) in [4.78, 5) is 0. The van der Waals surface area contributed by atoms with Crippen molar-refractivity contribution in [1.29, 1.82) is 0 Å². The van der Waals surface area contributed by atoms with E-state index in [2.05, 4.69) is 11.4 Å². The molecule has 0 saturated carbocycles. The van der Waals surface area contributed by atoms with Crippen molar-refractivity contribution in [2.24, 2.45) is 5.92 Å². The number of hydrogen-bond acceptors (Lipinski definition) is 4. The second kappa shape index (κ2) is 5.64. The smallest absolute Gasteiger partial charge is 0.150 e. The van der Waals surface area contributed by atoms with Crippen LogP contribution < -0.4 is 10.1 Å². The molecule has 1 saturated heterocycles. The molecule has 1 atom stereocenters. The summed E-state index contributed by atoms with van der Waals surface area (Å²) < 4.78 is 29.2. The first-order valence-corrected chi connectivity index (χ1v) is 9.15. The SMILES string of the molecule is O=S1(=O)CCCC(COc2cccc3c2CCCN3)C1. The van der Waals surface area contributed by atoms with Crippen LogP contribution in [-0.2, 0) is 16.3 Å².